The Morgan fingerprint density at radius 3 is 2.81 bits per heavy atom. The van der Waals surface area contributed by atoms with Crippen LogP contribution in [0.15, 0.2) is 10.7 Å². The summed E-state index contributed by atoms with van der Waals surface area (Å²) in [5.41, 5.74) is 0.984. The minimum atomic E-state index is 0.0912. The van der Waals surface area contributed by atoms with Crippen molar-refractivity contribution in [3.8, 4) is 6.08 Å². The molecule has 0 aromatic carbocycles. The van der Waals surface area contributed by atoms with Crippen LogP contribution in [0, 0.1) is 0 Å². The predicted molar refractivity (Wildman–Crippen MR) is 61.4 cm³/mol. The van der Waals surface area contributed by atoms with Gasteiger partial charge < -0.3 is 14.5 Å². The second kappa shape index (κ2) is 4.45. The van der Waals surface area contributed by atoms with Gasteiger partial charge in [0.1, 0.15) is 12.4 Å². The highest BCUT2D eigenvalue weighted by atomic mass is 16.6. The number of hydrogen-bond acceptors (Lipinski definition) is 4. The fraction of sp³-hybridized carbons (Fsp3) is 0.750. The zero-order chi connectivity index (χ0) is 11.6. The normalized spacial score (nSPS) is 17.2. The monoisotopic (exact) mass is 224 g/mol. The molecule has 0 radical (unpaired) electrons. The minimum Gasteiger partial charge on any atom is -0.447 e. The lowest BCUT2D eigenvalue weighted by Gasteiger charge is -2.23. The largest absolute Gasteiger partial charge is 0.447 e. The van der Waals surface area contributed by atoms with Gasteiger partial charge >= 0.3 is 6.08 Å². The van der Waals surface area contributed by atoms with Crippen LogP contribution in [0.4, 0.5) is 0 Å². The molecule has 4 nitrogen and oxygen atoms in total. The molecule has 0 bridgehead atoms. The summed E-state index contributed by atoms with van der Waals surface area (Å²) < 4.78 is 10.8. The quantitative estimate of drug-likeness (QED) is 0.853. The molecule has 0 aliphatic heterocycles. The van der Waals surface area contributed by atoms with E-state index in [-0.39, 0.29) is 5.54 Å². The number of rotatable bonds is 4. The Bertz CT molecular complexity index is 337. The molecule has 2 rings (SSSR count). The third-order valence-electron chi connectivity index (χ3n) is 2.65. The van der Waals surface area contributed by atoms with Gasteiger partial charge in [0.25, 0.3) is 0 Å². The maximum absolute atomic E-state index is 5.56. The number of nitrogens with one attached hydrogen (secondary N) is 1. The molecule has 90 valence electrons. The van der Waals surface area contributed by atoms with Gasteiger partial charge in [0.05, 0.1) is 5.69 Å². The third-order valence-corrected chi connectivity index (χ3v) is 2.65. The van der Waals surface area contributed by atoms with E-state index in [0.29, 0.717) is 18.7 Å². The first-order chi connectivity index (χ1) is 7.53. The van der Waals surface area contributed by atoms with Crippen LogP contribution in [-0.2, 0) is 6.54 Å². The topological polar surface area (TPSA) is 47.3 Å². The second-order valence-electron chi connectivity index (χ2n) is 5.38. The molecule has 1 aliphatic rings. The maximum Gasteiger partial charge on any atom is 0.394 e. The third kappa shape index (κ3) is 3.23. The zero-order valence-electron chi connectivity index (χ0n) is 10.2. The Hall–Kier alpha value is -1.03. The SMILES string of the molecule is CC(C)(C)NCc1coc(OC2CCC2)n1. The minimum absolute atomic E-state index is 0.0912. The van der Waals surface area contributed by atoms with Crippen molar-refractivity contribution in [2.45, 2.75) is 58.2 Å². The van der Waals surface area contributed by atoms with E-state index in [1.165, 1.54) is 6.42 Å². The van der Waals surface area contributed by atoms with Crippen LogP contribution in [0.1, 0.15) is 45.7 Å². The van der Waals surface area contributed by atoms with Crippen LogP contribution in [0.3, 0.4) is 0 Å². The number of hydrogen-bond donors (Lipinski definition) is 1. The molecule has 1 aromatic heterocycles. The van der Waals surface area contributed by atoms with E-state index in [4.69, 9.17) is 9.15 Å². The smallest absolute Gasteiger partial charge is 0.394 e. The van der Waals surface area contributed by atoms with Gasteiger partial charge in [-0.3, -0.25) is 0 Å². The highest BCUT2D eigenvalue weighted by molar-refractivity contribution is 5.01. The Labute approximate surface area is 96.4 Å². The molecule has 1 aromatic rings. The standard InChI is InChI=1S/C12H20N2O2/c1-12(2,3)13-7-9-8-15-11(14-9)16-10-5-4-6-10/h8,10,13H,4-7H2,1-3H3. The summed E-state index contributed by atoms with van der Waals surface area (Å²) in [7, 11) is 0. The van der Waals surface area contributed by atoms with Gasteiger partial charge in [0, 0.05) is 12.1 Å². The molecular formula is C12H20N2O2. The van der Waals surface area contributed by atoms with Gasteiger partial charge in [-0.25, -0.2) is 0 Å². The summed E-state index contributed by atoms with van der Waals surface area (Å²) in [6, 6.07) is 0. The maximum atomic E-state index is 5.56. The molecule has 1 N–H and O–H groups in total. The molecule has 1 saturated carbocycles. The van der Waals surface area contributed by atoms with Crippen molar-refractivity contribution in [3.05, 3.63) is 12.0 Å². The molecule has 0 spiro atoms. The Morgan fingerprint density at radius 2 is 2.25 bits per heavy atom. The molecule has 1 heterocycles. The number of nitrogens with zero attached hydrogens (tertiary/aromatic N) is 1. The summed E-state index contributed by atoms with van der Waals surface area (Å²) in [4.78, 5) is 4.28. The van der Waals surface area contributed by atoms with E-state index in [1.54, 1.807) is 6.26 Å². The van der Waals surface area contributed by atoms with E-state index in [1.807, 2.05) is 0 Å². The average Bonchev–Trinajstić information content (AvgIpc) is 2.55. The summed E-state index contributed by atoms with van der Waals surface area (Å²) in [6.07, 6.45) is 5.89. The molecular weight excluding hydrogens is 204 g/mol. The lowest BCUT2D eigenvalue weighted by molar-refractivity contribution is 0.0834. The van der Waals surface area contributed by atoms with Crippen molar-refractivity contribution in [2.75, 3.05) is 0 Å². The van der Waals surface area contributed by atoms with E-state index >= 15 is 0 Å². The van der Waals surface area contributed by atoms with Gasteiger partial charge in [-0.05, 0) is 40.0 Å². The summed E-state index contributed by atoms with van der Waals surface area (Å²) in [5.74, 6) is 0. The zero-order valence-corrected chi connectivity index (χ0v) is 10.2. The van der Waals surface area contributed by atoms with Crippen molar-refractivity contribution in [3.63, 3.8) is 0 Å². The highest BCUT2D eigenvalue weighted by Gasteiger charge is 2.21. The van der Waals surface area contributed by atoms with Crippen LogP contribution in [0.5, 0.6) is 6.08 Å². The van der Waals surface area contributed by atoms with Crippen molar-refractivity contribution < 1.29 is 9.15 Å². The summed E-state index contributed by atoms with van der Waals surface area (Å²) in [6.45, 7) is 7.08. The molecule has 0 unspecified atom stereocenters. The highest BCUT2D eigenvalue weighted by Crippen LogP contribution is 2.24. The molecule has 16 heavy (non-hydrogen) atoms. The molecule has 1 fully saturated rings. The van der Waals surface area contributed by atoms with Gasteiger partial charge in [0.15, 0.2) is 0 Å². The summed E-state index contributed by atoms with van der Waals surface area (Å²) >= 11 is 0. The van der Waals surface area contributed by atoms with Gasteiger partial charge in [-0.1, -0.05) is 0 Å². The molecule has 4 heteroatoms. The van der Waals surface area contributed by atoms with Crippen LogP contribution in [0.2, 0.25) is 0 Å². The lowest BCUT2D eigenvalue weighted by atomic mass is 9.96. The second-order valence-corrected chi connectivity index (χ2v) is 5.38. The van der Waals surface area contributed by atoms with Gasteiger partial charge in [-0.2, -0.15) is 4.98 Å². The van der Waals surface area contributed by atoms with Crippen molar-refractivity contribution >= 4 is 0 Å². The van der Waals surface area contributed by atoms with Crippen molar-refractivity contribution in [1.29, 1.82) is 0 Å². The fourth-order valence-corrected chi connectivity index (χ4v) is 1.41. The van der Waals surface area contributed by atoms with Crippen LogP contribution < -0.4 is 10.1 Å². The molecule has 1 aliphatic carbocycles. The Kier molecular flexibility index (Phi) is 3.19. The van der Waals surface area contributed by atoms with Crippen molar-refractivity contribution in [2.24, 2.45) is 0 Å². The van der Waals surface area contributed by atoms with E-state index < -0.39 is 0 Å². The van der Waals surface area contributed by atoms with E-state index in [0.717, 1.165) is 18.5 Å². The van der Waals surface area contributed by atoms with E-state index in [9.17, 15) is 0 Å². The lowest BCUT2D eigenvalue weighted by Crippen LogP contribution is -2.35. The van der Waals surface area contributed by atoms with E-state index in [2.05, 4.69) is 31.1 Å². The fourth-order valence-electron chi connectivity index (χ4n) is 1.41. The number of aromatic nitrogens is 1. The Balaban J connectivity index is 1.82. The molecule has 0 saturated heterocycles. The van der Waals surface area contributed by atoms with Gasteiger partial charge in [0.2, 0.25) is 0 Å². The summed E-state index contributed by atoms with van der Waals surface area (Å²) in [5, 5.41) is 3.35. The number of oxazole rings is 1. The predicted octanol–water partition coefficient (Wildman–Crippen LogP) is 2.49. The molecule has 0 atom stereocenters. The first kappa shape index (κ1) is 11.5. The van der Waals surface area contributed by atoms with Crippen LogP contribution >= 0.6 is 0 Å². The van der Waals surface area contributed by atoms with Gasteiger partial charge in [-0.15, -0.1) is 0 Å². The Morgan fingerprint density at radius 1 is 1.50 bits per heavy atom. The molecule has 0 amide bonds. The number of ether oxygens (including phenoxy) is 1. The van der Waals surface area contributed by atoms with Crippen LogP contribution in [-0.4, -0.2) is 16.6 Å². The van der Waals surface area contributed by atoms with Crippen LogP contribution in [0.25, 0.3) is 0 Å². The average molecular weight is 224 g/mol. The van der Waals surface area contributed by atoms with Crippen molar-refractivity contribution in [1.82, 2.24) is 10.3 Å². The first-order valence-electron chi connectivity index (χ1n) is 5.89. The first-order valence-corrected chi connectivity index (χ1v) is 5.89.